The van der Waals surface area contributed by atoms with Crippen molar-refractivity contribution in [1.29, 1.82) is 0 Å². The summed E-state index contributed by atoms with van der Waals surface area (Å²) < 4.78 is 5.92. The van der Waals surface area contributed by atoms with Gasteiger partial charge in [-0.3, -0.25) is 9.80 Å². The van der Waals surface area contributed by atoms with Crippen molar-refractivity contribution in [3.8, 4) is 0 Å². The van der Waals surface area contributed by atoms with Crippen molar-refractivity contribution in [2.45, 2.75) is 45.8 Å². The summed E-state index contributed by atoms with van der Waals surface area (Å²) in [6.45, 7) is 13.3. The third-order valence-corrected chi connectivity index (χ3v) is 3.95. The predicted molar refractivity (Wildman–Crippen MR) is 81.6 cm³/mol. The van der Waals surface area contributed by atoms with E-state index in [2.05, 4.69) is 46.5 Å². The van der Waals surface area contributed by atoms with Crippen LogP contribution in [0.15, 0.2) is 0 Å². The van der Waals surface area contributed by atoms with Crippen molar-refractivity contribution in [1.82, 2.24) is 9.80 Å². The Morgan fingerprint density at radius 3 is 2.78 bits per heavy atom. The van der Waals surface area contributed by atoms with Gasteiger partial charge < -0.3 is 4.74 Å². The van der Waals surface area contributed by atoms with Crippen LogP contribution in [0.5, 0.6) is 0 Å². The van der Waals surface area contributed by atoms with E-state index in [1.54, 1.807) is 0 Å². The molecule has 1 heterocycles. The van der Waals surface area contributed by atoms with Gasteiger partial charge in [-0.1, -0.05) is 29.3 Å². The van der Waals surface area contributed by atoms with Crippen LogP contribution in [0.2, 0.25) is 0 Å². The zero-order chi connectivity index (χ0) is 13.4. The molecule has 0 aromatic heterocycles. The molecule has 1 unspecified atom stereocenters. The fourth-order valence-electron chi connectivity index (χ4n) is 2.41. The normalized spacial score (nSPS) is 22.0. The first-order valence-corrected chi connectivity index (χ1v) is 8.43. The number of hydrogen-bond acceptors (Lipinski definition) is 3. The number of unbranched alkanes of at least 4 members (excludes halogenated alkanes) is 1. The topological polar surface area (TPSA) is 15.7 Å². The molecule has 3 nitrogen and oxygen atoms in total. The smallest absolute Gasteiger partial charge is 0.0829 e. The van der Waals surface area contributed by atoms with Crippen LogP contribution in [-0.2, 0) is 4.74 Å². The number of alkyl halides is 1. The monoisotopic (exact) mass is 320 g/mol. The number of hydrogen-bond donors (Lipinski definition) is 0. The summed E-state index contributed by atoms with van der Waals surface area (Å²) in [4.78, 5) is 5.06. The van der Waals surface area contributed by atoms with Gasteiger partial charge in [0.2, 0.25) is 0 Å². The summed E-state index contributed by atoms with van der Waals surface area (Å²) >= 11 is 3.55. The fourth-order valence-corrected chi connectivity index (χ4v) is 2.91. The molecule has 0 saturated carbocycles. The molecular formula is C14H29BrN2O. The van der Waals surface area contributed by atoms with E-state index in [0.29, 0.717) is 12.1 Å². The Bertz CT molecular complexity index is 214. The average Bonchev–Trinajstić information content (AvgIpc) is 2.36. The van der Waals surface area contributed by atoms with Crippen molar-refractivity contribution in [3.05, 3.63) is 0 Å². The minimum Gasteiger partial charge on any atom is -0.374 e. The second kappa shape index (κ2) is 9.29. The zero-order valence-corrected chi connectivity index (χ0v) is 13.8. The number of nitrogens with zero attached hydrogens (tertiary/aromatic N) is 2. The van der Waals surface area contributed by atoms with Crippen LogP contribution in [0.1, 0.15) is 33.6 Å². The fraction of sp³-hybridized carbons (Fsp3) is 1.00. The SMILES string of the molecule is CCCCN(CCBr)CC1CN(C(C)C)CCO1. The van der Waals surface area contributed by atoms with E-state index in [1.807, 2.05) is 0 Å². The molecule has 1 aliphatic rings. The maximum atomic E-state index is 5.92. The van der Waals surface area contributed by atoms with Crippen molar-refractivity contribution < 1.29 is 4.74 Å². The molecule has 4 heteroatoms. The highest BCUT2D eigenvalue weighted by atomic mass is 79.9. The van der Waals surface area contributed by atoms with Gasteiger partial charge in [-0.15, -0.1) is 0 Å². The molecule has 1 saturated heterocycles. The van der Waals surface area contributed by atoms with Crippen LogP contribution in [0.25, 0.3) is 0 Å². The van der Waals surface area contributed by atoms with Gasteiger partial charge in [-0.2, -0.15) is 0 Å². The van der Waals surface area contributed by atoms with E-state index in [9.17, 15) is 0 Å². The van der Waals surface area contributed by atoms with Crippen LogP contribution in [0.3, 0.4) is 0 Å². The molecule has 1 rings (SSSR count). The van der Waals surface area contributed by atoms with Gasteiger partial charge in [0.05, 0.1) is 12.7 Å². The van der Waals surface area contributed by atoms with Gasteiger partial charge in [-0.05, 0) is 26.8 Å². The molecule has 0 aromatic carbocycles. The molecule has 18 heavy (non-hydrogen) atoms. The first-order chi connectivity index (χ1) is 8.67. The van der Waals surface area contributed by atoms with E-state index < -0.39 is 0 Å². The highest BCUT2D eigenvalue weighted by Crippen LogP contribution is 2.11. The molecule has 0 aliphatic carbocycles. The number of rotatable bonds is 8. The Hall–Kier alpha value is 0.360. The maximum Gasteiger partial charge on any atom is 0.0829 e. The lowest BCUT2D eigenvalue weighted by molar-refractivity contribution is -0.0515. The van der Waals surface area contributed by atoms with Crippen molar-refractivity contribution in [2.24, 2.45) is 0 Å². The minimum atomic E-state index is 0.386. The molecule has 1 atom stereocenters. The Morgan fingerprint density at radius 2 is 2.17 bits per heavy atom. The first-order valence-electron chi connectivity index (χ1n) is 7.31. The van der Waals surface area contributed by atoms with Gasteiger partial charge in [0.15, 0.2) is 0 Å². The Labute approximate surface area is 121 Å². The second-order valence-corrected chi connectivity index (χ2v) is 6.22. The third kappa shape index (κ3) is 6.00. The molecule has 0 bridgehead atoms. The molecule has 1 fully saturated rings. The van der Waals surface area contributed by atoms with E-state index >= 15 is 0 Å². The highest BCUT2D eigenvalue weighted by molar-refractivity contribution is 9.09. The van der Waals surface area contributed by atoms with Gasteiger partial charge in [0.1, 0.15) is 0 Å². The molecule has 108 valence electrons. The largest absolute Gasteiger partial charge is 0.374 e. The van der Waals surface area contributed by atoms with Gasteiger partial charge in [-0.25, -0.2) is 0 Å². The standard InChI is InChI=1S/C14H29BrN2O/c1-4-5-7-16(8-6-15)11-14-12-17(13(2)3)9-10-18-14/h13-14H,4-12H2,1-3H3. The molecule has 0 spiro atoms. The van der Waals surface area contributed by atoms with E-state index in [0.717, 1.165) is 38.1 Å². The van der Waals surface area contributed by atoms with Crippen molar-refractivity contribution >= 4 is 15.9 Å². The average molecular weight is 321 g/mol. The van der Waals surface area contributed by atoms with Gasteiger partial charge >= 0.3 is 0 Å². The third-order valence-electron chi connectivity index (χ3n) is 3.59. The van der Waals surface area contributed by atoms with Gasteiger partial charge in [0.25, 0.3) is 0 Å². The molecule has 0 aromatic rings. The van der Waals surface area contributed by atoms with E-state index in [4.69, 9.17) is 4.74 Å². The molecule has 0 radical (unpaired) electrons. The molecular weight excluding hydrogens is 292 g/mol. The number of ether oxygens (including phenoxy) is 1. The van der Waals surface area contributed by atoms with Crippen molar-refractivity contribution in [2.75, 3.05) is 44.7 Å². The predicted octanol–water partition coefficient (Wildman–Crippen LogP) is 2.59. The minimum absolute atomic E-state index is 0.386. The quantitative estimate of drug-likeness (QED) is 0.639. The molecule has 1 aliphatic heterocycles. The zero-order valence-electron chi connectivity index (χ0n) is 12.2. The Morgan fingerprint density at radius 1 is 1.39 bits per heavy atom. The van der Waals surface area contributed by atoms with Crippen LogP contribution in [0.4, 0.5) is 0 Å². The van der Waals surface area contributed by atoms with Crippen LogP contribution in [0, 0.1) is 0 Å². The summed E-state index contributed by atoms with van der Waals surface area (Å²) in [5.74, 6) is 0. The summed E-state index contributed by atoms with van der Waals surface area (Å²) in [5, 5.41) is 1.05. The van der Waals surface area contributed by atoms with Crippen LogP contribution in [-0.4, -0.2) is 66.6 Å². The lowest BCUT2D eigenvalue weighted by atomic mass is 10.2. The molecule has 0 amide bonds. The Kier molecular flexibility index (Phi) is 8.47. The van der Waals surface area contributed by atoms with Crippen LogP contribution < -0.4 is 0 Å². The maximum absolute atomic E-state index is 5.92. The number of morpholine rings is 1. The van der Waals surface area contributed by atoms with Gasteiger partial charge in [0, 0.05) is 37.6 Å². The lowest BCUT2D eigenvalue weighted by Gasteiger charge is -2.37. The highest BCUT2D eigenvalue weighted by Gasteiger charge is 2.23. The second-order valence-electron chi connectivity index (χ2n) is 5.42. The first kappa shape index (κ1) is 16.4. The van der Waals surface area contributed by atoms with E-state index in [-0.39, 0.29) is 0 Å². The lowest BCUT2D eigenvalue weighted by Crippen LogP contribution is -2.50. The summed E-state index contributed by atoms with van der Waals surface area (Å²) in [6, 6.07) is 0.636. The Balaban J connectivity index is 2.37. The summed E-state index contributed by atoms with van der Waals surface area (Å²) in [5.41, 5.74) is 0. The number of halogens is 1. The van der Waals surface area contributed by atoms with Crippen molar-refractivity contribution in [3.63, 3.8) is 0 Å². The summed E-state index contributed by atoms with van der Waals surface area (Å²) in [7, 11) is 0. The molecule has 0 N–H and O–H groups in total. The summed E-state index contributed by atoms with van der Waals surface area (Å²) in [6.07, 6.45) is 2.94. The van der Waals surface area contributed by atoms with E-state index in [1.165, 1.54) is 19.4 Å². The van der Waals surface area contributed by atoms with Crippen LogP contribution >= 0.6 is 15.9 Å².